The van der Waals surface area contributed by atoms with Crippen LogP contribution in [0.1, 0.15) is 41.5 Å². The summed E-state index contributed by atoms with van der Waals surface area (Å²) < 4.78 is 45.4. The molecule has 8 heteroatoms. The van der Waals surface area contributed by atoms with Gasteiger partial charge in [-0.1, -0.05) is 35.9 Å². The zero-order chi connectivity index (χ0) is 19.5. The summed E-state index contributed by atoms with van der Waals surface area (Å²) in [5.41, 5.74) is 2.86. The molecule has 1 aliphatic heterocycles. The lowest BCUT2D eigenvalue weighted by Crippen LogP contribution is -2.27. The molecule has 2 heterocycles. The first-order valence-corrected chi connectivity index (χ1v) is 10.9. The smallest absolute Gasteiger partial charge is 0.311 e. The second kappa shape index (κ2) is 6.32. The average molecular weight is 419 g/mol. The van der Waals surface area contributed by atoms with Gasteiger partial charge >= 0.3 is 10.1 Å². The van der Waals surface area contributed by atoms with Crippen LogP contribution in [-0.4, -0.2) is 24.0 Å². The second-order valence-corrected chi connectivity index (χ2v) is 9.18. The van der Waals surface area contributed by atoms with Gasteiger partial charge in [-0.2, -0.15) is 18.2 Å². The Kier molecular flexibility index (Phi) is 4.00. The first-order chi connectivity index (χ1) is 13.4. The molecule has 5 rings (SSSR count). The molecule has 1 aromatic heterocycles. The van der Waals surface area contributed by atoms with E-state index in [2.05, 4.69) is 0 Å². The van der Waals surface area contributed by atoms with Gasteiger partial charge in [-0.25, -0.2) is 4.39 Å². The quantitative estimate of drug-likeness (QED) is 0.591. The fourth-order valence-corrected chi connectivity index (χ4v) is 5.14. The maximum absolute atomic E-state index is 13.4. The van der Waals surface area contributed by atoms with E-state index in [1.54, 1.807) is 36.4 Å². The first-order valence-electron chi connectivity index (χ1n) is 8.98. The third-order valence-corrected chi connectivity index (χ3v) is 6.62. The summed E-state index contributed by atoms with van der Waals surface area (Å²) in [7, 11) is -3.84. The van der Waals surface area contributed by atoms with Gasteiger partial charge in [-0.05, 0) is 42.7 Å². The molecule has 5 nitrogen and oxygen atoms in total. The number of nitrogens with zero attached hydrogens (tertiary/aromatic N) is 2. The molecule has 144 valence electrons. The molecule has 2 aliphatic rings. The van der Waals surface area contributed by atoms with Crippen molar-refractivity contribution >= 4 is 21.7 Å². The minimum absolute atomic E-state index is 0.176. The molecule has 0 radical (unpaired) electrons. The van der Waals surface area contributed by atoms with Crippen LogP contribution in [0.15, 0.2) is 48.5 Å². The highest BCUT2D eigenvalue weighted by Gasteiger charge is 2.42. The van der Waals surface area contributed by atoms with Crippen molar-refractivity contribution in [1.82, 2.24) is 9.78 Å². The van der Waals surface area contributed by atoms with Gasteiger partial charge < -0.3 is 4.18 Å². The Morgan fingerprint density at radius 1 is 1.11 bits per heavy atom. The van der Waals surface area contributed by atoms with Gasteiger partial charge in [-0.3, -0.25) is 0 Å². The molecule has 0 saturated heterocycles. The number of para-hydroxylation sites is 1. The van der Waals surface area contributed by atoms with Crippen molar-refractivity contribution in [2.75, 3.05) is 5.75 Å². The van der Waals surface area contributed by atoms with Gasteiger partial charge in [-0.15, -0.1) is 0 Å². The number of halogens is 2. The van der Waals surface area contributed by atoms with Crippen LogP contribution in [0.4, 0.5) is 4.39 Å². The van der Waals surface area contributed by atoms with Gasteiger partial charge in [0.1, 0.15) is 5.82 Å². The van der Waals surface area contributed by atoms with Crippen molar-refractivity contribution in [1.29, 1.82) is 0 Å². The molecular formula is C20H16ClFN2O3S. The van der Waals surface area contributed by atoms with E-state index < -0.39 is 16.0 Å². The van der Waals surface area contributed by atoms with Crippen LogP contribution in [0.3, 0.4) is 0 Å². The molecule has 1 saturated carbocycles. The molecule has 0 bridgehead atoms. The number of hydrogen-bond donors (Lipinski definition) is 0. The predicted octanol–water partition coefficient (Wildman–Crippen LogP) is 4.40. The number of rotatable bonds is 3. The molecule has 0 N–H and O–H groups in total. The lowest BCUT2D eigenvalue weighted by atomic mass is 9.91. The van der Waals surface area contributed by atoms with Crippen LogP contribution >= 0.6 is 11.6 Å². The van der Waals surface area contributed by atoms with Crippen LogP contribution in [0.2, 0.25) is 5.02 Å². The molecule has 1 unspecified atom stereocenters. The van der Waals surface area contributed by atoms with Crippen LogP contribution in [0.25, 0.3) is 5.69 Å². The molecule has 1 atom stereocenters. The normalized spacial score (nSPS) is 20.4. The molecule has 0 spiro atoms. The summed E-state index contributed by atoms with van der Waals surface area (Å²) in [4.78, 5) is 0. The highest BCUT2D eigenvalue weighted by Crippen LogP contribution is 2.50. The number of aromatic nitrogens is 2. The van der Waals surface area contributed by atoms with E-state index in [0.717, 1.165) is 29.7 Å². The Morgan fingerprint density at radius 2 is 1.82 bits per heavy atom. The van der Waals surface area contributed by atoms with Crippen molar-refractivity contribution in [3.8, 4) is 11.6 Å². The van der Waals surface area contributed by atoms with Crippen LogP contribution in [-0.2, 0) is 10.1 Å². The largest absolute Gasteiger partial charge is 0.361 e. The topological polar surface area (TPSA) is 61.2 Å². The molecule has 0 amide bonds. The zero-order valence-corrected chi connectivity index (χ0v) is 16.3. The van der Waals surface area contributed by atoms with E-state index >= 15 is 0 Å². The maximum Gasteiger partial charge on any atom is 0.311 e. The lowest BCUT2D eigenvalue weighted by Gasteiger charge is -2.24. The predicted molar refractivity (Wildman–Crippen MR) is 103 cm³/mol. The van der Waals surface area contributed by atoms with E-state index in [9.17, 15) is 12.8 Å². The summed E-state index contributed by atoms with van der Waals surface area (Å²) in [5, 5.41) is 5.16. The number of fused-ring (bicyclic) bond motifs is 1. The molecular weight excluding hydrogens is 403 g/mol. The highest BCUT2D eigenvalue weighted by atomic mass is 35.5. The van der Waals surface area contributed by atoms with Crippen LogP contribution < -0.4 is 4.18 Å². The van der Waals surface area contributed by atoms with Crippen molar-refractivity contribution < 1.29 is 17.0 Å². The Balaban J connectivity index is 1.76. The number of hydrogen-bond acceptors (Lipinski definition) is 4. The molecule has 2 aromatic carbocycles. The summed E-state index contributed by atoms with van der Waals surface area (Å²) in [6.07, 6.45) is 1.99. The Labute approximate surface area is 166 Å². The van der Waals surface area contributed by atoms with Crippen molar-refractivity contribution in [2.24, 2.45) is 0 Å². The summed E-state index contributed by atoms with van der Waals surface area (Å²) in [5.74, 6) is -0.603. The second-order valence-electron chi connectivity index (χ2n) is 7.15. The standard InChI is InChI=1S/C20H16ClFN2O3S/c21-16-3-1-2-4-17(16)24-20-18(19(23-24)13-5-6-13)15(11-28(25,26)27-20)12-7-9-14(22)10-8-12/h1-4,7-10,13,15H,5-6,11H2. The van der Waals surface area contributed by atoms with E-state index in [1.165, 1.54) is 16.8 Å². The molecule has 3 aromatic rings. The monoisotopic (exact) mass is 418 g/mol. The van der Waals surface area contributed by atoms with Crippen molar-refractivity contribution in [3.05, 3.63) is 76.2 Å². The highest BCUT2D eigenvalue weighted by molar-refractivity contribution is 7.87. The van der Waals surface area contributed by atoms with Crippen molar-refractivity contribution in [2.45, 2.75) is 24.7 Å². The fourth-order valence-electron chi connectivity index (χ4n) is 3.68. The summed E-state index contributed by atoms with van der Waals surface area (Å²) in [6, 6.07) is 13.0. The summed E-state index contributed by atoms with van der Waals surface area (Å²) >= 11 is 6.34. The molecule has 28 heavy (non-hydrogen) atoms. The van der Waals surface area contributed by atoms with E-state index in [0.29, 0.717) is 10.7 Å². The average Bonchev–Trinajstić information content (AvgIpc) is 3.43. The third-order valence-electron chi connectivity index (χ3n) is 5.15. The Hall–Kier alpha value is -2.38. The van der Waals surface area contributed by atoms with Gasteiger partial charge in [0, 0.05) is 17.4 Å². The minimum Gasteiger partial charge on any atom is -0.361 e. The molecule has 1 fully saturated rings. The van der Waals surface area contributed by atoms with E-state index in [-0.39, 0.29) is 23.4 Å². The zero-order valence-electron chi connectivity index (χ0n) is 14.7. The van der Waals surface area contributed by atoms with Gasteiger partial charge in [0.05, 0.1) is 22.2 Å². The maximum atomic E-state index is 13.4. The van der Waals surface area contributed by atoms with Crippen molar-refractivity contribution in [3.63, 3.8) is 0 Å². The van der Waals surface area contributed by atoms with Gasteiger partial charge in [0.25, 0.3) is 0 Å². The fraction of sp³-hybridized carbons (Fsp3) is 0.250. The Bertz CT molecular complexity index is 1170. The lowest BCUT2D eigenvalue weighted by molar-refractivity contribution is 0.446. The van der Waals surface area contributed by atoms with Gasteiger partial charge in [0.2, 0.25) is 5.88 Å². The minimum atomic E-state index is -3.84. The Morgan fingerprint density at radius 3 is 2.50 bits per heavy atom. The first kappa shape index (κ1) is 17.7. The van der Waals surface area contributed by atoms with Gasteiger partial charge in [0.15, 0.2) is 0 Å². The SMILES string of the molecule is O=S1(=O)CC(c2ccc(F)cc2)c2c(C3CC3)nn(-c3ccccc3Cl)c2O1. The van der Waals surface area contributed by atoms with Crippen LogP contribution in [0.5, 0.6) is 5.88 Å². The number of benzene rings is 2. The molecule has 1 aliphatic carbocycles. The van der Waals surface area contributed by atoms with E-state index in [1.807, 2.05) is 0 Å². The van der Waals surface area contributed by atoms with E-state index in [4.69, 9.17) is 20.9 Å². The van der Waals surface area contributed by atoms with Crippen LogP contribution in [0, 0.1) is 5.82 Å². The summed E-state index contributed by atoms with van der Waals surface area (Å²) in [6.45, 7) is 0. The third kappa shape index (κ3) is 2.99.